The van der Waals surface area contributed by atoms with Crippen molar-refractivity contribution in [3.63, 3.8) is 0 Å². The fraction of sp³-hybridized carbons (Fsp3) is 0.727. The average Bonchev–Trinajstić information content (AvgIpc) is 3.26. The Balaban J connectivity index is 1.57. The van der Waals surface area contributed by atoms with E-state index >= 15 is 0 Å². The summed E-state index contributed by atoms with van der Waals surface area (Å²) in [7, 11) is 6.24. The van der Waals surface area contributed by atoms with Crippen LogP contribution in [-0.2, 0) is 11.2 Å². The van der Waals surface area contributed by atoms with Gasteiger partial charge in [-0.25, -0.2) is 9.97 Å². The fourth-order valence-electron chi connectivity index (χ4n) is 5.09. The second kappa shape index (κ2) is 8.64. The van der Waals surface area contributed by atoms with Gasteiger partial charge in [-0.05, 0) is 76.9 Å². The maximum atomic E-state index is 5.70. The minimum absolute atomic E-state index is 0.341. The van der Waals surface area contributed by atoms with Crippen LogP contribution in [0.4, 0.5) is 5.82 Å². The molecule has 2 aliphatic carbocycles. The summed E-state index contributed by atoms with van der Waals surface area (Å²) in [5.41, 5.74) is 1.51. The standard InChI is InChI=1S/C22H34N4OS/c1-5-17(27-4)12-14-6-11-18-19(14)20-21(23-13-24-22(20)28-18)25-15-7-9-16(10-8-15)26(2)3/h13-17H,5-12H2,1-4H3,(H,23,24,25)/t14-,15?,16?,17+/m1/s1. The highest BCUT2D eigenvalue weighted by molar-refractivity contribution is 7.19. The molecule has 0 radical (unpaired) electrons. The zero-order valence-corrected chi connectivity index (χ0v) is 18.5. The molecule has 28 heavy (non-hydrogen) atoms. The molecule has 2 aliphatic rings. The number of thiophene rings is 1. The van der Waals surface area contributed by atoms with Gasteiger partial charge in [-0.2, -0.15) is 0 Å². The number of aryl methyl sites for hydroxylation is 1. The molecule has 0 unspecified atom stereocenters. The quantitative estimate of drug-likeness (QED) is 0.719. The van der Waals surface area contributed by atoms with Gasteiger partial charge < -0.3 is 15.0 Å². The highest BCUT2D eigenvalue weighted by atomic mass is 32.1. The lowest BCUT2D eigenvalue weighted by Gasteiger charge is -2.33. The Bertz CT molecular complexity index is 793. The Morgan fingerprint density at radius 3 is 2.68 bits per heavy atom. The van der Waals surface area contributed by atoms with Crippen LogP contribution in [0.5, 0.6) is 0 Å². The number of rotatable bonds is 7. The van der Waals surface area contributed by atoms with Crippen molar-refractivity contribution in [3.05, 3.63) is 16.8 Å². The van der Waals surface area contributed by atoms with Crippen LogP contribution in [0.1, 0.15) is 68.2 Å². The van der Waals surface area contributed by atoms with Gasteiger partial charge in [-0.3, -0.25) is 0 Å². The molecule has 2 heterocycles. The molecule has 0 spiro atoms. The Labute approximate surface area is 172 Å². The number of methoxy groups -OCH3 is 1. The van der Waals surface area contributed by atoms with E-state index in [1.807, 2.05) is 18.4 Å². The lowest BCUT2D eigenvalue weighted by atomic mass is 9.90. The van der Waals surface area contributed by atoms with Crippen molar-refractivity contribution in [1.82, 2.24) is 14.9 Å². The van der Waals surface area contributed by atoms with Gasteiger partial charge in [0, 0.05) is 24.1 Å². The normalized spacial score (nSPS) is 26.0. The molecule has 1 fully saturated rings. The third-order valence-electron chi connectivity index (χ3n) is 6.83. The Kier molecular flexibility index (Phi) is 6.18. The first-order valence-corrected chi connectivity index (χ1v) is 11.6. The molecule has 6 heteroatoms. The van der Waals surface area contributed by atoms with E-state index in [1.54, 1.807) is 6.33 Å². The molecule has 2 aromatic heterocycles. The minimum atomic E-state index is 0.341. The number of ether oxygens (including phenoxy) is 1. The predicted octanol–water partition coefficient (Wildman–Crippen LogP) is 4.82. The lowest BCUT2D eigenvalue weighted by Crippen LogP contribution is -2.36. The average molecular weight is 403 g/mol. The molecule has 0 bridgehead atoms. The van der Waals surface area contributed by atoms with Gasteiger partial charge in [-0.1, -0.05) is 6.92 Å². The van der Waals surface area contributed by atoms with E-state index in [4.69, 9.17) is 9.72 Å². The van der Waals surface area contributed by atoms with Crippen LogP contribution in [0.3, 0.4) is 0 Å². The first kappa shape index (κ1) is 20.0. The van der Waals surface area contributed by atoms with E-state index in [2.05, 4.69) is 36.2 Å². The zero-order chi connectivity index (χ0) is 19.7. The Morgan fingerprint density at radius 2 is 2.00 bits per heavy atom. The van der Waals surface area contributed by atoms with Crippen molar-refractivity contribution in [2.24, 2.45) is 0 Å². The van der Waals surface area contributed by atoms with Crippen LogP contribution in [0.15, 0.2) is 6.33 Å². The number of nitrogens with one attached hydrogen (secondary N) is 1. The van der Waals surface area contributed by atoms with Gasteiger partial charge in [0.05, 0.1) is 11.5 Å². The van der Waals surface area contributed by atoms with Gasteiger partial charge in [0.2, 0.25) is 0 Å². The maximum Gasteiger partial charge on any atom is 0.138 e. The van der Waals surface area contributed by atoms with E-state index in [-0.39, 0.29) is 0 Å². The second-order valence-electron chi connectivity index (χ2n) is 8.69. The van der Waals surface area contributed by atoms with Gasteiger partial charge in [-0.15, -0.1) is 11.3 Å². The number of aromatic nitrogens is 2. The van der Waals surface area contributed by atoms with E-state index in [0.717, 1.165) is 29.5 Å². The Hall–Kier alpha value is -1.24. The summed E-state index contributed by atoms with van der Waals surface area (Å²) >= 11 is 1.87. The number of hydrogen-bond donors (Lipinski definition) is 1. The molecule has 1 saturated carbocycles. The molecular weight excluding hydrogens is 368 g/mol. The fourth-order valence-corrected chi connectivity index (χ4v) is 6.33. The first-order chi connectivity index (χ1) is 13.6. The van der Waals surface area contributed by atoms with Crippen LogP contribution >= 0.6 is 11.3 Å². The van der Waals surface area contributed by atoms with Crippen LogP contribution in [0.25, 0.3) is 10.2 Å². The first-order valence-electron chi connectivity index (χ1n) is 10.8. The highest BCUT2D eigenvalue weighted by Crippen LogP contribution is 2.47. The largest absolute Gasteiger partial charge is 0.381 e. The smallest absolute Gasteiger partial charge is 0.138 e. The maximum absolute atomic E-state index is 5.70. The molecule has 154 valence electrons. The molecular formula is C22H34N4OS. The lowest BCUT2D eigenvalue weighted by molar-refractivity contribution is 0.0858. The molecule has 2 aromatic rings. The molecule has 4 rings (SSSR count). The van der Waals surface area contributed by atoms with Crippen molar-refractivity contribution in [2.45, 2.75) is 82.4 Å². The summed E-state index contributed by atoms with van der Waals surface area (Å²) < 4.78 is 5.70. The molecule has 0 amide bonds. The van der Waals surface area contributed by atoms with E-state index in [9.17, 15) is 0 Å². The minimum Gasteiger partial charge on any atom is -0.381 e. The van der Waals surface area contributed by atoms with Crippen LogP contribution in [0.2, 0.25) is 0 Å². The summed E-state index contributed by atoms with van der Waals surface area (Å²) in [6.07, 6.45) is 11.6. The second-order valence-corrected chi connectivity index (χ2v) is 9.78. The van der Waals surface area contributed by atoms with E-state index in [1.165, 1.54) is 54.4 Å². The topological polar surface area (TPSA) is 50.3 Å². The molecule has 0 aliphatic heterocycles. The summed E-state index contributed by atoms with van der Waals surface area (Å²) in [6, 6.07) is 1.24. The van der Waals surface area contributed by atoms with Crippen molar-refractivity contribution < 1.29 is 4.74 Å². The van der Waals surface area contributed by atoms with Crippen LogP contribution in [0, 0.1) is 0 Å². The number of anilines is 1. The highest BCUT2D eigenvalue weighted by Gasteiger charge is 2.32. The SMILES string of the molecule is CC[C@@H](C[C@H]1CCc2sc3ncnc(NC4CCC(N(C)C)CC4)c3c21)OC. The van der Waals surface area contributed by atoms with E-state index < -0.39 is 0 Å². The van der Waals surface area contributed by atoms with Gasteiger partial charge in [0.25, 0.3) is 0 Å². The van der Waals surface area contributed by atoms with E-state index in [0.29, 0.717) is 18.1 Å². The number of hydrogen-bond acceptors (Lipinski definition) is 6. The van der Waals surface area contributed by atoms with Gasteiger partial charge in [0.15, 0.2) is 0 Å². The molecule has 1 N–H and O–H groups in total. The molecule has 0 aromatic carbocycles. The van der Waals surface area contributed by atoms with Crippen molar-refractivity contribution in [3.8, 4) is 0 Å². The zero-order valence-electron chi connectivity index (χ0n) is 17.7. The van der Waals surface area contributed by atoms with Gasteiger partial charge in [0.1, 0.15) is 17.0 Å². The number of fused-ring (bicyclic) bond motifs is 3. The van der Waals surface area contributed by atoms with Crippen molar-refractivity contribution in [2.75, 3.05) is 26.5 Å². The van der Waals surface area contributed by atoms with Crippen molar-refractivity contribution >= 4 is 27.4 Å². The van der Waals surface area contributed by atoms with Crippen LogP contribution in [-0.4, -0.2) is 54.3 Å². The summed E-state index contributed by atoms with van der Waals surface area (Å²) in [4.78, 5) is 14.4. The number of nitrogens with zero attached hydrogens (tertiary/aromatic N) is 3. The van der Waals surface area contributed by atoms with Gasteiger partial charge >= 0.3 is 0 Å². The predicted molar refractivity (Wildman–Crippen MR) is 118 cm³/mol. The van der Waals surface area contributed by atoms with Crippen molar-refractivity contribution in [1.29, 1.82) is 0 Å². The third kappa shape index (κ3) is 3.91. The monoisotopic (exact) mass is 402 g/mol. The molecule has 2 atom stereocenters. The summed E-state index contributed by atoms with van der Waals surface area (Å²) in [5, 5.41) is 5.10. The van der Waals surface area contributed by atoms with Crippen LogP contribution < -0.4 is 5.32 Å². The molecule has 5 nitrogen and oxygen atoms in total. The summed E-state index contributed by atoms with van der Waals surface area (Å²) in [5.74, 6) is 1.64. The molecule has 0 saturated heterocycles. The Morgan fingerprint density at radius 1 is 1.21 bits per heavy atom. The summed E-state index contributed by atoms with van der Waals surface area (Å²) in [6.45, 7) is 2.22. The third-order valence-corrected chi connectivity index (χ3v) is 8.01.